The molecular formula is C26H22Cl3N3O. The van der Waals surface area contributed by atoms with Crippen LogP contribution in [0.2, 0.25) is 15.1 Å². The lowest BCUT2D eigenvalue weighted by Gasteiger charge is -2.42. The van der Waals surface area contributed by atoms with Crippen molar-refractivity contribution in [3.63, 3.8) is 0 Å². The van der Waals surface area contributed by atoms with E-state index in [2.05, 4.69) is 15.1 Å². The Morgan fingerprint density at radius 1 is 0.970 bits per heavy atom. The van der Waals surface area contributed by atoms with Gasteiger partial charge in [-0.3, -0.25) is 4.79 Å². The molecule has 3 aromatic rings. The summed E-state index contributed by atoms with van der Waals surface area (Å²) in [6.07, 6.45) is 1.84. The van der Waals surface area contributed by atoms with E-state index >= 15 is 0 Å². The summed E-state index contributed by atoms with van der Waals surface area (Å²) in [4.78, 5) is 18.3. The van der Waals surface area contributed by atoms with Gasteiger partial charge in [0.25, 0.3) is 5.91 Å². The maximum atomic E-state index is 12.6. The fourth-order valence-electron chi connectivity index (χ4n) is 4.25. The number of nitrogens with zero attached hydrogens (tertiary/aromatic N) is 2. The first-order valence-electron chi connectivity index (χ1n) is 10.7. The number of anilines is 1. The van der Waals surface area contributed by atoms with E-state index in [-0.39, 0.29) is 17.9 Å². The Balaban J connectivity index is 1.50. The van der Waals surface area contributed by atoms with Crippen molar-refractivity contribution in [1.29, 1.82) is 0 Å². The molecule has 0 unspecified atom stereocenters. The fourth-order valence-corrected chi connectivity index (χ4v) is 4.91. The average Bonchev–Trinajstić information content (AvgIpc) is 2.83. The molecule has 3 aromatic carbocycles. The highest BCUT2D eigenvalue weighted by Gasteiger charge is 2.31. The molecule has 1 amide bonds. The second kappa shape index (κ2) is 10.5. The van der Waals surface area contributed by atoms with Gasteiger partial charge in [0.2, 0.25) is 0 Å². The molecule has 0 radical (unpaired) electrons. The number of rotatable bonds is 5. The van der Waals surface area contributed by atoms with Crippen LogP contribution in [0.5, 0.6) is 0 Å². The van der Waals surface area contributed by atoms with E-state index in [0.717, 1.165) is 30.6 Å². The van der Waals surface area contributed by atoms with Crippen LogP contribution in [0.1, 0.15) is 34.8 Å². The number of benzene rings is 3. The summed E-state index contributed by atoms with van der Waals surface area (Å²) in [6.45, 7) is 8.37. The van der Waals surface area contributed by atoms with Crippen LogP contribution in [0.3, 0.4) is 0 Å². The van der Waals surface area contributed by atoms with Crippen molar-refractivity contribution in [2.75, 3.05) is 18.0 Å². The summed E-state index contributed by atoms with van der Waals surface area (Å²) in [6, 6.07) is 20.2. The summed E-state index contributed by atoms with van der Waals surface area (Å²) in [5.41, 5.74) is 3.17. The first kappa shape index (κ1) is 23.4. The molecule has 1 aliphatic rings. The standard InChI is InChI=1S/C26H22Cl3N3O/c1-30-21-8-3-18(4-9-21)26(33)31-15-17-2-13-25(23-12-7-20(28)14-24(23)29)32(16-17)22-10-5-19(27)6-11-22/h3-12,14,17,25H,2,13,15-16H2,(H,31,33)/t17-,25-/m0/s1. The third-order valence-corrected chi connectivity index (χ3v) is 6.78. The predicted molar refractivity (Wildman–Crippen MR) is 136 cm³/mol. The van der Waals surface area contributed by atoms with Crippen molar-refractivity contribution in [3.8, 4) is 0 Å². The summed E-state index contributed by atoms with van der Waals surface area (Å²) in [5.74, 6) is 0.141. The van der Waals surface area contributed by atoms with Gasteiger partial charge >= 0.3 is 0 Å². The van der Waals surface area contributed by atoms with Gasteiger partial charge in [0.05, 0.1) is 12.6 Å². The number of halogens is 3. The molecule has 1 N–H and O–H groups in total. The minimum absolute atomic E-state index is 0.101. The molecule has 4 rings (SSSR count). The molecule has 7 heteroatoms. The number of hydrogen-bond donors (Lipinski definition) is 1. The monoisotopic (exact) mass is 497 g/mol. The van der Waals surface area contributed by atoms with E-state index in [1.54, 1.807) is 30.3 Å². The molecule has 0 aliphatic carbocycles. The molecule has 1 aliphatic heterocycles. The van der Waals surface area contributed by atoms with E-state index < -0.39 is 0 Å². The van der Waals surface area contributed by atoms with Crippen molar-refractivity contribution >= 4 is 52.1 Å². The van der Waals surface area contributed by atoms with Crippen molar-refractivity contribution in [1.82, 2.24) is 5.32 Å². The summed E-state index contributed by atoms with van der Waals surface area (Å²) >= 11 is 18.8. The zero-order valence-electron chi connectivity index (χ0n) is 17.8. The molecule has 4 nitrogen and oxygen atoms in total. The number of nitrogens with one attached hydrogen (secondary N) is 1. The Bertz CT molecular complexity index is 1170. The third kappa shape index (κ3) is 5.62. The predicted octanol–water partition coefficient (Wildman–Crippen LogP) is 7.59. The van der Waals surface area contributed by atoms with Gasteiger partial charge in [0.1, 0.15) is 0 Å². The van der Waals surface area contributed by atoms with Crippen LogP contribution in [0.4, 0.5) is 11.4 Å². The number of carbonyl (C=O) groups is 1. The Morgan fingerprint density at radius 2 is 1.67 bits per heavy atom. The normalized spacial score (nSPS) is 17.9. The van der Waals surface area contributed by atoms with Gasteiger partial charge in [-0.2, -0.15) is 0 Å². The maximum Gasteiger partial charge on any atom is 0.251 e. The first-order valence-corrected chi connectivity index (χ1v) is 11.8. The zero-order valence-corrected chi connectivity index (χ0v) is 20.0. The molecule has 1 heterocycles. The molecule has 168 valence electrons. The van der Waals surface area contributed by atoms with Crippen molar-refractivity contribution < 1.29 is 4.79 Å². The summed E-state index contributed by atoms with van der Waals surface area (Å²) in [7, 11) is 0. The lowest BCUT2D eigenvalue weighted by atomic mass is 9.88. The van der Waals surface area contributed by atoms with E-state index in [1.807, 2.05) is 36.4 Å². The Kier molecular flexibility index (Phi) is 7.45. The summed E-state index contributed by atoms with van der Waals surface area (Å²) in [5, 5.41) is 5.01. The van der Waals surface area contributed by atoms with Crippen LogP contribution in [0.15, 0.2) is 66.7 Å². The van der Waals surface area contributed by atoms with Crippen molar-refractivity contribution in [3.05, 3.63) is 104 Å². The lowest BCUT2D eigenvalue weighted by molar-refractivity contribution is 0.0945. The van der Waals surface area contributed by atoms with E-state index in [1.165, 1.54) is 0 Å². The minimum Gasteiger partial charge on any atom is -0.364 e. The molecular weight excluding hydrogens is 477 g/mol. The van der Waals surface area contributed by atoms with Crippen LogP contribution in [-0.4, -0.2) is 19.0 Å². The maximum absolute atomic E-state index is 12.6. The van der Waals surface area contributed by atoms with Crippen molar-refractivity contribution in [2.45, 2.75) is 18.9 Å². The quantitative estimate of drug-likeness (QED) is 0.368. The smallest absolute Gasteiger partial charge is 0.251 e. The highest BCUT2D eigenvalue weighted by molar-refractivity contribution is 6.35. The SMILES string of the molecule is [C-]#[N+]c1ccc(C(=O)NC[C@@H]2CC[C@@H](c3ccc(Cl)cc3Cl)N(c3ccc(Cl)cc3)C2)cc1. The van der Waals surface area contributed by atoms with Gasteiger partial charge in [-0.25, -0.2) is 4.85 Å². The molecule has 0 saturated carbocycles. The van der Waals surface area contributed by atoms with Crippen LogP contribution in [0, 0.1) is 12.5 Å². The van der Waals surface area contributed by atoms with Crippen molar-refractivity contribution in [2.24, 2.45) is 5.92 Å². The molecule has 0 bridgehead atoms. The highest BCUT2D eigenvalue weighted by atomic mass is 35.5. The Morgan fingerprint density at radius 3 is 2.33 bits per heavy atom. The Labute approximate surface area is 208 Å². The molecule has 2 atom stereocenters. The van der Waals surface area contributed by atoms with E-state index in [4.69, 9.17) is 41.4 Å². The van der Waals surface area contributed by atoms with E-state index in [9.17, 15) is 4.79 Å². The molecule has 1 saturated heterocycles. The van der Waals surface area contributed by atoms with Gasteiger partial charge in [-0.15, -0.1) is 0 Å². The average molecular weight is 499 g/mol. The zero-order chi connectivity index (χ0) is 23.4. The molecule has 1 fully saturated rings. The largest absolute Gasteiger partial charge is 0.364 e. The van der Waals surface area contributed by atoms with Gasteiger partial charge in [0, 0.05) is 39.4 Å². The minimum atomic E-state index is -0.132. The highest BCUT2D eigenvalue weighted by Crippen LogP contribution is 2.40. The van der Waals surface area contributed by atoms with Gasteiger partial charge in [-0.05, 0) is 60.7 Å². The van der Waals surface area contributed by atoms with Gasteiger partial charge in [-0.1, -0.05) is 65.1 Å². The number of hydrogen-bond acceptors (Lipinski definition) is 2. The second-order valence-corrected chi connectivity index (χ2v) is 9.40. The number of carbonyl (C=O) groups excluding carboxylic acids is 1. The van der Waals surface area contributed by atoms with Crippen LogP contribution >= 0.6 is 34.8 Å². The second-order valence-electron chi connectivity index (χ2n) is 8.12. The summed E-state index contributed by atoms with van der Waals surface area (Å²) < 4.78 is 0. The Hall–Kier alpha value is -2.71. The number of amides is 1. The number of piperidine rings is 1. The third-order valence-electron chi connectivity index (χ3n) is 5.97. The van der Waals surface area contributed by atoms with E-state index in [0.29, 0.717) is 32.9 Å². The van der Waals surface area contributed by atoms with Crippen LogP contribution in [0.25, 0.3) is 4.85 Å². The molecule has 0 spiro atoms. The molecule has 33 heavy (non-hydrogen) atoms. The van der Waals surface area contributed by atoms with Gasteiger partial charge < -0.3 is 10.2 Å². The van der Waals surface area contributed by atoms with Gasteiger partial charge in [0.15, 0.2) is 5.69 Å². The lowest BCUT2D eigenvalue weighted by Crippen LogP contribution is -2.42. The topological polar surface area (TPSA) is 36.7 Å². The van der Waals surface area contributed by atoms with Crippen LogP contribution < -0.4 is 10.2 Å². The molecule has 0 aromatic heterocycles. The first-order chi connectivity index (χ1) is 15.9. The fraction of sp³-hybridized carbons (Fsp3) is 0.231. The van der Waals surface area contributed by atoms with Crippen LogP contribution in [-0.2, 0) is 0 Å².